The van der Waals surface area contributed by atoms with E-state index in [1.165, 1.54) is 83.5 Å². The summed E-state index contributed by atoms with van der Waals surface area (Å²) in [4.78, 5) is 25.2. The lowest BCUT2D eigenvalue weighted by atomic mass is 10.00. The van der Waals surface area contributed by atoms with Crippen LogP contribution in [-0.4, -0.2) is 96.0 Å². The molecule has 4 N–H and O–H groups in total. The van der Waals surface area contributed by atoms with Crippen LogP contribution in [0.25, 0.3) is 0 Å². The summed E-state index contributed by atoms with van der Waals surface area (Å²) in [5.41, 5.74) is 0. The van der Waals surface area contributed by atoms with Crippen molar-refractivity contribution in [2.24, 2.45) is 0 Å². The molecule has 53 heavy (non-hydrogen) atoms. The van der Waals surface area contributed by atoms with Gasteiger partial charge in [0.2, 0.25) is 0 Å². The molecule has 1 aliphatic rings. The van der Waals surface area contributed by atoms with Crippen LogP contribution in [0.1, 0.15) is 174 Å². The summed E-state index contributed by atoms with van der Waals surface area (Å²) in [7, 11) is -4.59. The Morgan fingerprint density at radius 3 is 1.58 bits per heavy atom. The molecule has 0 bridgehead atoms. The van der Waals surface area contributed by atoms with E-state index >= 15 is 0 Å². The van der Waals surface area contributed by atoms with Gasteiger partial charge in [0.1, 0.15) is 36.8 Å². The summed E-state index contributed by atoms with van der Waals surface area (Å²) in [6.07, 6.45) is 21.2. The fourth-order valence-corrected chi connectivity index (χ4v) is 7.01. The molecule has 12 nitrogen and oxygen atoms in total. The van der Waals surface area contributed by atoms with Gasteiger partial charge in [-0.05, 0) is 38.5 Å². The van der Waals surface area contributed by atoms with E-state index < -0.39 is 71.2 Å². The third kappa shape index (κ3) is 26.8. The van der Waals surface area contributed by atoms with Gasteiger partial charge in [-0.15, -0.1) is 0 Å². The lowest BCUT2D eigenvalue weighted by Crippen LogP contribution is -2.60. The van der Waals surface area contributed by atoms with E-state index in [0.29, 0.717) is 12.8 Å². The number of carbonyl (C=O) groups is 2. The standard InChI is InChI=1S/C40H74O12S/c1-3-5-7-9-11-13-15-16-17-18-19-21-23-25-27-29-36(42)51-33(30-49-35(41)28-26-24-22-20-14-12-10-8-6-4-2)31-50-40-39(45)38(44)37(43)34(52-40)32-53(46,47)48/h13,15,33-34,37-40,43-45H,3-12,14,16-32H2,1-2H3,(H,46,47,48)/b15-13+/t33-,34-,37-,38?,39?,40+/m1/s1. The molecule has 1 fully saturated rings. The van der Waals surface area contributed by atoms with E-state index in [4.69, 9.17) is 18.9 Å². The molecule has 6 atom stereocenters. The highest BCUT2D eigenvalue weighted by Crippen LogP contribution is 2.24. The molecule has 2 unspecified atom stereocenters. The first kappa shape index (κ1) is 49.4. The van der Waals surface area contributed by atoms with Gasteiger partial charge in [0, 0.05) is 12.8 Å². The quantitative estimate of drug-likeness (QED) is 0.0219. The van der Waals surface area contributed by atoms with Crippen LogP contribution in [0.3, 0.4) is 0 Å². The molecular formula is C40H74O12S. The van der Waals surface area contributed by atoms with Gasteiger partial charge < -0.3 is 34.3 Å². The molecule has 0 aromatic rings. The van der Waals surface area contributed by atoms with E-state index in [2.05, 4.69) is 26.0 Å². The maximum Gasteiger partial charge on any atom is 0.306 e. The third-order valence-electron chi connectivity index (χ3n) is 9.60. The van der Waals surface area contributed by atoms with Gasteiger partial charge in [-0.1, -0.05) is 135 Å². The van der Waals surface area contributed by atoms with Gasteiger partial charge in [0.05, 0.1) is 6.61 Å². The molecule has 0 aromatic carbocycles. The second-order valence-electron chi connectivity index (χ2n) is 14.7. The van der Waals surface area contributed by atoms with Crippen LogP contribution in [0, 0.1) is 0 Å². The van der Waals surface area contributed by atoms with Crippen molar-refractivity contribution in [1.29, 1.82) is 0 Å². The Hall–Kier alpha value is -1.61. The first-order valence-corrected chi connectivity index (χ1v) is 22.4. The van der Waals surface area contributed by atoms with E-state index in [1.807, 2.05) is 0 Å². The third-order valence-corrected chi connectivity index (χ3v) is 10.3. The zero-order valence-electron chi connectivity index (χ0n) is 32.9. The minimum atomic E-state index is -4.59. The highest BCUT2D eigenvalue weighted by Gasteiger charge is 2.46. The van der Waals surface area contributed by atoms with Crippen LogP contribution in [0.4, 0.5) is 0 Å². The number of carbonyl (C=O) groups excluding carboxylic acids is 2. The molecule has 0 saturated carbocycles. The minimum Gasteiger partial charge on any atom is -0.462 e. The average molecular weight is 779 g/mol. The molecule has 1 saturated heterocycles. The minimum absolute atomic E-state index is 0.163. The zero-order chi connectivity index (χ0) is 39.2. The van der Waals surface area contributed by atoms with Crippen LogP contribution in [-0.2, 0) is 38.7 Å². The fraction of sp³-hybridized carbons (Fsp3) is 0.900. The number of rotatable bonds is 34. The first-order chi connectivity index (χ1) is 25.5. The number of hydrogen-bond acceptors (Lipinski definition) is 11. The molecule has 0 spiro atoms. The van der Waals surface area contributed by atoms with Crippen molar-refractivity contribution >= 4 is 22.1 Å². The summed E-state index contributed by atoms with van der Waals surface area (Å²) in [5.74, 6) is -1.98. The van der Waals surface area contributed by atoms with Crippen molar-refractivity contribution in [3.05, 3.63) is 12.2 Å². The lowest BCUT2D eigenvalue weighted by molar-refractivity contribution is -0.297. The van der Waals surface area contributed by atoms with Gasteiger partial charge in [0.25, 0.3) is 10.1 Å². The van der Waals surface area contributed by atoms with Crippen LogP contribution in [0.2, 0.25) is 0 Å². The van der Waals surface area contributed by atoms with Crippen LogP contribution >= 0.6 is 0 Å². The summed E-state index contributed by atoms with van der Waals surface area (Å²) in [6.45, 7) is 3.71. The molecule has 0 aromatic heterocycles. The highest BCUT2D eigenvalue weighted by atomic mass is 32.2. The number of ether oxygens (including phenoxy) is 4. The normalized spacial score (nSPS) is 21.2. The van der Waals surface area contributed by atoms with Crippen molar-refractivity contribution in [2.75, 3.05) is 19.0 Å². The second kappa shape index (κ2) is 31.6. The van der Waals surface area contributed by atoms with E-state index in [0.717, 1.165) is 51.4 Å². The molecule has 0 radical (unpaired) electrons. The molecule has 1 rings (SSSR count). The van der Waals surface area contributed by atoms with Crippen LogP contribution in [0.15, 0.2) is 12.2 Å². The Bertz CT molecular complexity index is 1050. The molecule has 312 valence electrons. The second-order valence-corrected chi connectivity index (χ2v) is 16.2. The Morgan fingerprint density at radius 1 is 0.623 bits per heavy atom. The van der Waals surface area contributed by atoms with Gasteiger partial charge in [-0.25, -0.2) is 0 Å². The summed E-state index contributed by atoms with van der Waals surface area (Å²) in [5, 5.41) is 30.8. The van der Waals surface area contributed by atoms with Gasteiger partial charge in [-0.3, -0.25) is 14.1 Å². The lowest BCUT2D eigenvalue weighted by Gasteiger charge is -2.40. The first-order valence-electron chi connectivity index (χ1n) is 20.7. The van der Waals surface area contributed by atoms with Crippen molar-refractivity contribution in [2.45, 2.75) is 211 Å². The molecule has 1 heterocycles. The summed E-state index contributed by atoms with van der Waals surface area (Å²) < 4.78 is 53.9. The van der Waals surface area contributed by atoms with Crippen molar-refractivity contribution in [1.82, 2.24) is 0 Å². The van der Waals surface area contributed by atoms with Gasteiger partial charge in [-0.2, -0.15) is 8.42 Å². The maximum atomic E-state index is 12.7. The maximum absolute atomic E-state index is 12.7. The van der Waals surface area contributed by atoms with Crippen LogP contribution in [0.5, 0.6) is 0 Å². The predicted molar refractivity (Wildman–Crippen MR) is 206 cm³/mol. The van der Waals surface area contributed by atoms with Crippen molar-refractivity contribution < 1.29 is 56.8 Å². The molecular weight excluding hydrogens is 704 g/mol. The number of hydrogen-bond donors (Lipinski definition) is 4. The SMILES string of the molecule is CCCCCC/C=C/CCCCCCCCCC(=O)O[C@H](COC(=O)CCCCCCCCCCCC)CO[C@H]1O[C@H](CS(=O)(=O)O)[C@@H](O)C(O)C1O. The molecule has 13 heteroatoms. The number of unbranched alkanes of at least 4 members (excludes halogenated alkanes) is 20. The number of esters is 2. The Kier molecular flexibility index (Phi) is 29.4. The average Bonchev–Trinajstić information content (AvgIpc) is 3.12. The van der Waals surface area contributed by atoms with Crippen LogP contribution < -0.4 is 0 Å². The molecule has 0 amide bonds. The topological polar surface area (TPSA) is 186 Å². The monoisotopic (exact) mass is 778 g/mol. The van der Waals surface area contributed by atoms with Crippen molar-refractivity contribution in [3.63, 3.8) is 0 Å². The van der Waals surface area contributed by atoms with Gasteiger partial charge >= 0.3 is 11.9 Å². The summed E-state index contributed by atoms with van der Waals surface area (Å²) >= 11 is 0. The number of aliphatic hydroxyl groups excluding tert-OH is 3. The van der Waals surface area contributed by atoms with E-state index in [-0.39, 0.29) is 19.4 Å². The fourth-order valence-electron chi connectivity index (χ4n) is 6.32. The number of allylic oxidation sites excluding steroid dienone is 2. The van der Waals surface area contributed by atoms with Crippen molar-refractivity contribution in [3.8, 4) is 0 Å². The van der Waals surface area contributed by atoms with E-state index in [1.54, 1.807) is 0 Å². The molecule has 1 aliphatic heterocycles. The Labute approximate surface area is 320 Å². The molecule has 0 aliphatic carbocycles. The predicted octanol–water partition coefficient (Wildman–Crippen LogP) is 7.50. The van der Waals surface area contributed by atoms with Gasteiger partial charge in [0.15, 0.2) is 12.4 Å². The summed E-state index contributed by atoms with van der Waals surface area (Å²) in [6, 6.07) is 0. The Morgan fingerprint density at radius 2 is 1.08 bits per heavy atom. The number of aliphatic hydroxyl groups is 3. The zero-order valence-corrected chi connectivity index (χ0v) is 33.7. The smallest absolute Gasteiger partial charge is 0.306 e. The van der Waals surface area contributed by atoms with E-state index in [9.17, 15) is 37.9 Å². The largest absolute Gasteiger partial charge is 0.462 e. The Balaban J connectivity index is 2.49. The highest BCUT2D eigenvalue weighted by molar-refractivity contribution is 7.85.